The number of carbonyl (C=O) groups excluding carboxylic acids is 3. The van der Waals surface area contributed by atoms with E-state index in [1.807, 2.05) is 6.07 Å². The second kappa shape index (κ2) is 9.05. The quantitative estimate of drug-likeness (QED) is 0.415. The second-order valence-electron chi connectivity index (χ2n) is 7.22. The van der Waals surface area contributed by atoms with Crippen LogP contribution in [-0.4, -0.2) is 17.6 Å². The third kappa shape index (κ3) is 5.11. The van der Waals surface area contributed by atoms with E-state index in [0.29, 0.717) is 22.6 Å². The first kappa shape index (κ1) is 20.8. The van der Waals surface area contributed by atoms with E-state index in [2.05, 4.69) is 10.6 Å². The number of para-hydroxylation sites is 1. The normalized spacial score (nSPS) is 10.5. The Bertz CT molecular complexity index is 1090. The highest BCUT2D eigenvalue weighted by Gasteiger charge is 2.18. The number of ketones is 1. The van der Waals surface area contributed by atoms with Gasteiger partial charge in [0.2, 0.25) is 0 Å². The summed E-state index contributed by atoms with van der Waals surface area (Å²) in [6.07, 6.45) is 0. The number of hydrogen-bond donors (Lipinski definition) is 3. The van der Waals surface area contributed by atoms with Gasteiger partial charge in [-0.2, -0.15) is 0 Å². The van der Waals surface area contributed by atoms with Crippen LogP contribution in [0.3, 0.4) is 0 Å². The molecule has 0 aromatic heterocycles. The molecule has 0 radical (unpaired) electrons. The highest BCUT2D eigenvalue weighted by molar-refractivity contribution is 6.11. The van der Waals surface area contributed by atoms with E-state index < -0.39 is 11.8 Å². The van der Waals surface area contributed by atoms with Crippen LogP contribution in [0, 0.1) is 5.92 Å². The van der Waals surface area contributed by atoms with Crippen LogP contribution in [-0.2, 0) is 0 Å². The van der Waals surface area contributed by atoms with Crippen LogP contribution in [0.15, 0.2) is 72.8 Å². The molecule has 0 fully saturated rings. The number of Topliss-reactive ketones (excluding diaryl/α,β-unsaturated/α-hetero) is 1. The zero-order valence-corrected chi connectivity index (χ0v) is 16.8. The molecule has 0 saturated carbocycles. The number of amides is 2. The lowest BCUT2D eigenvalue weighted by Gasteiger charge is -2.12. The third-order valence-electron chi connectivity index (χ3n) is 4.44. The molecule has 6 heteroatoms. The van der Waals surface area contributed by atoms with Crippen LogP contribution in [0.4, 0.5) is 17.1 Å². The van der Waals surface area contributed by atoms with Crippen molar-refractivity contribution in [2.75, 3.05) is 16.4 Å². The van der Waals surface area contributed by atoms with Gasteiger partial charge in [-0.25, -0.2) is 0 Å². The van der Waals surface area contributed by atoms with E-state index in [1.165, 1.54) is 18.2 Å². The number of rotatable bonds is 6. The summed E-state index contributed by atoms with van der Waals surface area (Å²) in [5, 5.41) is 5.53. The van der Waals surface area contributed by atoms with Crippen LogP contribution < -0.4 is 16.4 Å². The molecule has 2 amide bonds. The molecule has 0 aliphatic carbocycles. The lowest BCUT2D eigenvalue weighted by molar-refractivity contribution is 0.0939. The smallest absolute Gasteiger partial charge is 0.255 e. The fourth-order valence-electron chi connectivity index (χ4n) is 2.91. The SMILES string of the molecule is CC(C)C(=O)c1cc(C(=O)Nc2ccccc2)cc(C(=O)Nc2cccc(N)c2)c1. The molecule has 6 nitrogen and oxygen atoms in total. The molecule has 4 N–H and O–H groups in total. The number of carbonyl (C=O) groups is 3. The van der Waals surface area contributed by atoms with Gasteiger partial charge in [0, 0.05) is 39.7 Å². The van der Waals surface area contributed by atoms with Gasteiger partial charge in [0.25, 0.3) is 11.8 Å². The number of nitrogen functional groups attached to an aromatic ring is 1. The van der Waals surface area contributed by atoms with E-state index in [0.717, 1.165) is 0 Å². The summed E-state index contributed by atoms with van der Waals surface area (Å²) < 4.78 is 0. The van der Waals surface area contributed by atoms with Gasteiger partial charge in [-0.3, -0.25) is 14.4 Å². The van der Waals surface area contributed by atoms with E-state index in [9.17, 15) is 14.4 Å². The molecule has 0 aliphatic heterocycles. The molecule has 30 heavy (non-hydrogen) atoms. The predicted octanol–water partition coefficient (Wildman–Crippen LogP) is 4.61. The monoisotopic (exact) mass is 401 g/mol. The third-order valence-corrected chi connectivity index (χ3v) is 4.44. The first-order valence-corrected chi connectivity index (χ1v) is 9.56. The molecule has 0 aliphatic rings. The van der Waals surface area contributed by atoms with Gasteiger partial charge in [0.1, 0.15) is 0 Å². The Hall–Kier alpha value is -3.93. The molecule has 0 unspecified atom stereocenters. The van der Waals surface area contributed by atoms with Crippen LogP contribution in [0.1, 0.15) is 44.9 Å². The van der Waals surface area contributed by atoms with Crippen LogP contribution >= 0.6 is 0 Å². The second-order valence-corrected chi connectivity index (χ2v) is 7.22. The van der Waals surface area contributed by atoms with Gasteiger partial charge in [-0.15, -0.1) is 0 Å². The van der Waals surface area contributed by atoms with Gasteiger partial charge >= 0.3 is 0 Å². The number of hydrogen-bond acceptors (Lipinski definition) is 4. The first-order valence-electron chi connectivity index (χ1n) is 9.56. The Morgan fingerprint density at radius 2 is 1.23 bits per heavy atom. The average molecular weight is 401 g/mol. The van der Waals surface area contributed by atoms with Crippen LogP contribution in [0.25, 0.3) is 0 Å². The van der Waals surface area contributed by atoms with Crippen molar-refractivity contribution in [1.82, 2.24) is 0 Å². The number of anilines is 3. The fraction of sp³-hybridized carbons (Fsp3) is 0.125. The molecule has 152 valence electrons. The maximum Gasteiger partial charge on any atom is 0.255 e. The zero-order chi connectivity index (χ0) is 21.7. The van der Waals surface area contributed by atoms with Crippen molar-refractivity contribution in [2.45, 2.75) is 13.8 Å². The average Bonchev–Trinajstić information content (AvgIpc) is 2.73. The lowest BCUT2D eigenvalue weighted by atomic mass is 9.96. The van der Waals surface area contributed by atoms with Gasteiger partial charge in [0.15, 0.2) is 5.78 Å². The van der Waals surface area contributed by atoms with Crippen molar-refractivity contribution in [3.8, 4) is 0 Å². The molecule has 0 heterocycles. The highest BCUT2D eigenvalue weighted by atomic mass is 16.2. The molecular formula is C24H23N3O3. The summed E-state index contributed by atoms with van der Waals surface area (Å²) in [7, 11) is 0. The Morgan fingerprint density at radius 3 is 1.80 bits per heavy atom. The summed E-state index contributed by atoms with van der Waals surface area (Å²) >= 11 is 0. The minimum Gasteiger partial charge on any atom is -0.399 e. The number of benzene rings is 3. The van der Waals surface area contributed by atoms with Crippen LogP contribution in [0.5, 0.6) is 0 Å². The summed E-state index contributed by atoms with van der Waals surface area (Å²) in [4.78, 5) is 38.1. The Kier molecular flexibility index (Phi) is 6.27. The largest absolute Gasteiger partial charge is 0.399 e. The molecule has 3 aromatic rings. The van der Waals surface area contributed by atoms with Crippen molar-refractivity contribution in [3.05, 3.63) is 89.5 Å². The lowest BCUT2D eigenvalue weighted by Crippen LogP contribution is -2.18. The minimum atomic E-state index is -0.437. The standard InChI is InChI=1S/C24H23N3O3/c1-15(2)22(28)16-11-17(23(29)26-20-8-4-3-5-9-20)13-18(12-16)24(30)27-21-10-6-7-19(25)14-21/h3-15H,25H2,1-2H3,(H,26,29)(H,27,30). The molecule has 0 bridgehead atoms. The highest BCUT2D eigenvalue weighted by Crippen LogP contribution is 2.19. The van der Waals surface area contributed by atoms with E-state index >= 15 is 0 Å². The van der Waals surface area contributed by atoms with Crippen LogP contribution in [0.2, 0.25) is 0 Å². The molecule has 3 rings (SSSR count). The molecular weight excluding hydrogens is 378 g/mol. The first-order chi connectivity index (χ1) is 14.3. The Balaban J connectivity index is 1.94. The summed E-state index contributed by atoms with van der Waals surface area (Å²) in [6, 6.07) is 20.2. The Labute approximate surface area is 175 Å². The van der Waals surface area contributed by atoms with Gasteiger partial charge in [-0.05, 0) is 48.5 Å². The minimum absolute atomic E-state index is 0.151. The van der Waals surface area contributed by atoms with Gasteiger partial charge in [0.05, 0.1) is 0 Å². The maximum atomic E-state index is 12.8. The molecule has 0 spiro atoms. The molecule has 0 atom stereocenters. The summed E-state index contributed by atoms with van der Waals surface area (Å²) in [5.74, 6) is -1.27. The van der Waals surface area contributed by atoms with Gasteiger partial charge in [-0.1, -0.05) is 38.1 Å². The van der Waals surface area contributed by atoms with Crippen molar-refractivity contribution in [2.24, 2.45) is 5.92 Å². The van der Waals surface area contributed by atoms with Crippen molar-refractivity contribution < 1.29 is 14.4 Å². The summed E-state index contributed by atoms with van der Waals surface area (Å²) in [5.41, 5.74) is 8.16. The zero-order valence-electron chi connectivity index (χ0n) is 16.8. The van der Waals surface area contributed by atoms with E-state index in [4.69, 9.17) is 5.73 Å². The maximum absolute atomic E-state index is 12.8. The van der Waals surface area contributed by atoms with Gasteiger partial charge < -0.3 is 16.4 Å². The molecule has 3 aromatic carbocycles. The van der Waals surface area contributed by atoms with Crippen molar-refractivity contribution in [1.29, 1.82) is 0 Å². The molecule has 0 saturated heterocycles. The Morgan fingerprint density at radius 1 is 0.700 bits per heavy atom. The topological polar surface area (TPSA) is 101 Å². The summed E-state index contributed by atoms with van der Waals surface area (Å²) in [6.45, 7) is 3.54. The van der Waals surface area contributed by atoms with Crippen molar-refractivity contribution >= 4 is 34.7 Å². The van der Waals surface area contributed by atoms with E-state index in [-0.39, 0.29) is 22.8 Å². The number of nitrogens with two attached hydrogens (primary N) is 1. The number of nitrogens with one attached hydrogen (secondary N) is 2. The predicted molar refractivity (Wildman–Crippen MR) is 119 cm³/mol. The van der Waals surface area contributed by atoms with E-state index in [1.54, 1.807) is 62.4 Å². The van der Waals surface area contributed by atoms with Crippen molar-refractivity contribution in [3.63, 3.8) is 0 Å². The fourth-order valence-corrected chi connectivity index (χ4v) is 2.91.